The van der Waals surface area contributed by atoms with Gasteiger partial charge in [0.15, 0.2) is 5.78 Å². The highest BCUT2D eigenvalue weighted by Crippen LogP contribution is 2.40. The Morgan fingerprint density at radius 2 is 1.38 bits per heavy atom. The van der Waals surface area contributed by atoms with Crippen molar-refractivity contribution in [3.63, 3.8) is 0 Å². The van der Waals surface area contributed by atoms with E-state index in [-0.39, 0.29) is 5.78 Å². The Labute approximate surface area is 190 Å². The van der Waals surface area contributed by atoms with Crippen LogP contribution in [0, 0.1) is 0 Å². The molecule has 7 heteroatoms. The number of nitrogens with zero attached hydrogens (tertiary/aromatic N) is 2. The fraction of sp³-hybridized carbons (Fsp3) is 0.480. The molecule has 0 aliphatic carbocycles. The Balaban J connectivity index is 0.000000181. The number of likely N-dealkylation sites (N-methyl/N-ethyl adjacent to an activating group) is 2. The number of carbonyl (C=O) groups is 1. The largest absolute Gasteiger partial charge is 0.496 e. The number of ether oxygens (including phenoxy) is 4. The van der Waals surface area contributed by atoms with Crippen LogP contribution in [0.2, 0.25) is 0 Å². The molecule has 7 nitrogen and oxygen atoms in total. The average Bonchev–Trinajstić information content (AvgIpc) is 2.78. The summed E-state index contributed by atoms with van der Waals surface area (Å²) in [6.45, 7) is 9.06. The number of ketones is 1. The molecule has 2 aromatic rings. The molecule has 32 heavy (non-hydrogen) atoms. The fourth-order valence-electron chi connectivity index (χ4n) is 3.84. The monoisotopic (exact) mass is 442 g/mol. The second-order valence-corrected chi connectivity index (χ2v) is 8.33. The van der Waals surface area contributed by atoms with Crippen LogP contribution in [0.15, 0.2) is 24.3 Å². The van der Waals surface area contributed by atoms with Gasteiger partial charge in [0.1, 0.15) is 36.2 Å². The summed E-state index contributed by atoms with van der Waals surface area (Å²) >= 11 is 0. The van der Waals surface area contributed by atoms with Gasteiger partial charge in [-0.25, -0.2) is 0 Å². The molecule has 0 atom stereocenters. The number of fused-ring (bicyclic) bond motifs is 2. The van der Waals surface area contributed by atoms with Gasteiger partial charge in [0, 0.05) is 26.2 Å². The van der Waals surface area contributed by atoms with Gasteiger partial charge in [-0.05, 0) is 30.5 Å². The average molecular weight is 443 g/mol. The summed E-state index contributed by atoms with van der Waals surface area (Å²) in [6, 6.07) is 7.79. The number of Topliss-reactive ketones (excluding diaryl/α,β-unsaturated/α-hetero) is 1. The zero-order valence-corrected chi connectivity index (χ0v) is 20.2. The SMILES string of the molecule is COc1cc2c(cc1C(C)=O)N(C)CCO2.COc1cc2c(cc1C(C)C)N(C)CCO2. The third-order valence-corrected chi connectivity index (χ3v) is 5.78. The maximum absolute atomic E-state index is 11.5. The van der Waals surface area contributed by atoms with E-state index in [9.17, 15) is 4.79 Å². The zero-order valence-electron chi connectivity index (χ0n) is 20.2. The van der Waals surface area contributed by atoms with Crippen molar-refractivity contribution >= 4 is 17.2 Å². The number of carbonyl (C=O) groups excluding carboxylic acids is 1. The van der Waals surface area contributed by atoms with Gasteiger partial charge in [-0.15, -0.1) is 0 Å². The van der Waals surface area contributed by atoms with Crippen molar-refractivity contribution in [3.05, 3.63) is 35.4 Å². The summed E-state index contributed by atoms with van der Waals surface area (Å²) in [5.41, 5.74) is 3.94. The molecular weight excluding hydrogens is 408 g/mol. The van der Waals surface area contributed by atoms with Gasteiger partial charge >= 0.3 is 0 Å². The molecule has 174 valence electrons. The number of hydrogen-bond acceptors (Lipinski definition) is 7. The normalized spacial score (nSPS) is 14.4. The van der Waals surface area contributed by atoms with Crippen molar-refractivity contribution in [2.45, 2.75) is 26.7 Å². The van der Waals surface area contributed by atoms with Crippen molar-refractivity contribution in [2.24, 2.45) is 0 Å². The predicted octanol–water partition coefficient (Wildman–Crippen LogP) is 4.37. The highest BCUT2D eigenvalue weighted by atomic mass is 16.5. The molecule has 0 unspecified atom stereocenters. The van der Waals surface area contributed by atoms with Gasteiger partial charge < -0.3 is 28.7 Å². The quantitative estimate of drug-likeness (QED) is 0.652. The fourth-order valence-corrected chi connectivity index (χ4v) is 3.84. The highest BCUT2D eigenvalue weighted by Gasteiger charge is 2.21. The van der Waals surface area contributed by atoms with Crippen LogP contribution in [-0.4, -0.2) is 60.4 Å². The van der Waals surface area contributed by atoms with Gasteiger partial charge in [-0.2, -0.15) is 0 Å². The van der Waals surface area contributed by atoms with E-state index >= 15 is 0 Å². The van der Waals surface area contributed by atoms with E-state index in [2.05, 4.69) is 36.8 Å². The minimum atomic E-state index is -0.00127. The van der Waals surface area contributed by atoms with Gasteiger partial charge in [0.2, 0.25) is 0 Å². The maximum Gasteiger partial charge on any atom is 0.163 e. The van der Waals surface area contributed by atoms with E-state index in [4.69, 9.17) is 18.9 Å². The molecule has 0 fully saturated rings. The maximum atomic E-state index is 11.5. The van der Waals surface area contributed by atoms with E-state index in [1.54, 1.807) is 20.3 Å². The Kier molecular flexibility index (Phi) is 7.38. The minimum Gasteiger partial charge on any atom is -0.496 e. The standard InChI is InChI=1S/C13H19NO2.C12H15NO3/c1-9(2)10-7-11-13(8-12(10)15-4)16-6-5-14(11)3;1-8(14)9-6-10-12(7-11(9)15-3)16-5-4-13(10)2/h7-9H,5-6H2,1-4H3;6-7H,4-5H2,1-3H3. The second kappa shape index (κ2) is 10.0. The molecule has 2 aliphatic heterocycles. The van der Waals surface area contributed by atoms with E-state index in [1.807, 2.05) is 19.2 Å². The van der Waals surface area contributed by atoms with E-state index in [1.165, 1.54) is 12.5 Å². The first-order valence-electron chi connectivity index (χ1n) is 10.9. The summed E-state index contributed by atoms with van der Waals surface area (Å²) in [6.07, 6.45) is 0. The summed E-state index contributed by atoms with van der Waals surface area (Å²) < 4.78 is 21.8. The van der Waals surface area contributed by atoms with Crippen molar-refractivity contribution in [1.82, 2.24) is 0 Å². The molecule has 0 saturated heterocycles. The number of methoxy groups -OCH3 is 2. The highest BCUT2D eigenvalue weighted by molar-refractivity contribution is 5.98. The lowest BCUT2D eigenvalue weighted by atomic mass is 10.0. The van der Waals surface area contributed by atoms with Crippen LogP contribution in [0.4, 0.5) is 11.4 Å². The van der Waals surface area contributed by atoms with E-state index < -0.39 is 0 Å². The van der Waals surface area contributed by atoms with Crippen LogP contribution in [0.1, 0.15) is 42.6 Å². The molecule has 0 bridgehead atoms. The van der Waals surface area contributed by atoms with Crippen molar-refractivity contribution in [2.75, 3.05) is 64.4 Å². The van der Waals surface area contributed by atoms with Crippen LogP contribution in [0.5, 0.6) is 23.0 Å². The molecule has 2 aromatic carbocycles. The van der Waals surface area contributed by atoms with Crippen LogP contribution in [0.3, 0.4) is 0 Å². The lowest BCUT2D eigenvalue weighted by Crippen LogP contribution is -2.29. The molecule has 0 aromatic heterocycles. The molecule has 0 saturated carbocycles. The number of anilines is 2. The summed E-state index contributed by atoms with van der Waals surface area (Å²) in [4.78, 5) is 15.8. The molecule has 2 aliphatic rings. The van der Waals surface area contributed by atoms with E-state index in [0.29, 0.717) is 23.8 Å². The van der Waals surface area contributed by atoms with E-state index in [0.717, 1.165) is 48.3 Å². The Morgan fingerprint density at radius 1 is 0.875 bits per heavy atom. The topological polar surface area (TPSA) is 60.5 Å². The lowest BCUT2D eigenvalue weighted by Gasteiger charge is -2.29. The zero-order chi connectivity index (χ0) is 23.4. The third-order valence-electron chi connectivity index (χ3n) is 5.78. The summed E-state index contributed by atoms with van der Waals surface area (Å²) in [5.74, 6) is 3.64. The summed E-state index contributed by atoms with van der Waals surface area (Å²) in [7, 11) is 7.34. The predicted molar refractivity (Wildman–Crippen MR) is 128 cm³/mol. The van der Waals surface area contributed by atoms with Crippen LogP contribution < -0.4 is 28.7 Å². The van der Waals surface area contributed by atoms with Gasteiger partial charge in [-0.1, -0.05) is 13.8 Å². The Morgan fingerprint density at radius 3 is 1.84 bits per heavy atom. The van der Waals surface area contributed by atoms with Gasteiger partial charge in [-0.3, -0.25) is 4.79 Å². The molecule has 0 amide bonds. The van der Waals surface area contributed by atoms with Crippen molar-refractivity contribution in [3.8, 4) is 23.0 Å². The van der Waals surface area contributed by atoms with Crippen LogP contribution in [0.25, 0.3) is 0 Å². The minimum absolute atomic E-state index is 0.00127. The smallest absolute Gasteiger partial charge is 0.163 e. The first kappa shape index (κ1) is 23.6. The second-order valence-electron chi connectivity index (χ2n) is 8.33. The first-order chi connectivity index (χ1) is 15.3. The Hall–Kier alpha value is -3.09. The van der Waals surface area contributed by atoms with Gasteiger partial charge in [0.05, 0.1) is 44.2 Å². The summed E-state index contributed by atoms with van der Waals surface area (Å²) in [5, 5.41) is 0. The first-order valence-corrected chi connectivity index (χ1v) is 10.9. The molecule has 0 spiro atoms. The third kappa shape index (κ3) is 4.87. The lowest BCUT2D eigenvalue weighted by molar-refractivity contribution is 0.101. The molecule has 0 N–H and O–H groups in total. The van der Waals surface area contributed by atoms with Crippen LogP contribution >= 0.6 is 0 Å². The molecule has 2 heterocycles. The van der Waals surface area contributed by atoms with Crippen LogP contribution in [-0.2, 0) is 0 Å². The number of benzene rings is 2. The van der Waals surface area contributed by atoms with Crippen molar-refractivity contribution in [1.29, 1.82) is 0 Å². The molecular formula is C25H34N2O5. The Bertz CT molecular complexity index is 962. The number of hydrogen-bond donors (Lipinski definition) is 0. The van der Waals surface area contributed by atoms with Gasteiger partial charge in [0.25, 0.3) is 0 Å². The number of rotatable bonds is 4. The molecule has 4 rings (SSSR count). The molecule has 0 radical (unpaired) electrons. The van der Waals surface area contributed by atoms with Crippen molar-refractivity contribution < 1.29 is 23.7 Å².